The summed E-state index contributed by atoms with van der Waals surface area (Å²) in [6, 6.07) is 17.2. The van der Waals surface area contributed by atoms with E-state index in [-0.39, 0.29) is 23.1 Å². The lowest BCUT2D eigenvalue weighted by Crippen LogP contribution is -2.39. The fourth-order valence-electron chi connectivity index (χ4n) is 3.49. The van der Waals surface area contributed by atoms with Crippen LogP contribution in [0.1, 0.15) is 12.5 Å². The van der Waals surface area contributed by atoms with Crippen LogP contribution in [0.3, 0.4) is 0 Å². The van der Waals surface area contributed by atoms with E-state index in [4.69, 9.17) is 9.47 Å². The van der Waals surface area contributed by atoms with E-state index in [0.717, 1.165) is 9.87 Å². The highest BCUT2D eigenvalue weighted by molar-refractivity contribution is 7.93. The molecule has 36 heavy (non-hydrogen) atoms. The summed E-state index contributed by atoms with van der Waals surface area (Å²) >= 11 is 0. The third kappa shape index (κ3) is 5.55. The van der Waals surface area contributed by atoms with Gasteiger partial charge in [0.15, 0.2) is 11.5 Å². The van der Waals surface area contributed by atoms with Gasteiger partial charge in [-0.2, -0.15) is 0 Å². The summed E-state index contributed by atoms with van der Waals surface area (Å²) < 4.78 is 65.0. The van der Waals surface area contributed by atoms with Gasteiger partial charge in [-0.05, 0) is 61.9 Å². The molecule has 12 heteroatoms. The van der Waals surface area contributed by atoms with E-state index in [0.29, 0.717) is 22.9 Å². The van der Waals surface area contributed by atoms with Crippen molar-refractivity contribution in [1.29, 1.82) is 0 Å². The van der Waals surface area contributed by atoms with Crippen molar-refractivity contribution in [1.82, 2.24) is 0 Å². The third-order valence-corrected chi connectivity index (χ3v) is 8.59. The Morgan fingerprint density at radius 2 is 1.64 bits per heavy atom. The maximum Gasteiger partial charge on any atom is 0.261 e. The maximum absolute atomic E-state index is 12.7. The zero-order valence-electron chi connectivity index (χ0n) is 19.6. The number of hydrogen-bond donors (Lipinski definition) is 2. The number of nitrogens with zero attached hydrogens (tertiary/aromatic N) is 1. The molecule has 0 spiro atoms. The van der Waals surface area contributed by atoms with Crippen LogP contribution in [0.4, 0.5) is 17.1 Å². The zero-order valence-corrected chi connectivity index (χ0v) is 21.2. The number of sulfonamides is 2. The van der Waals surface area contributed by atoms with Gasteiger partial charge in [-0.3, -0.25) is 13.8 Å². The standard InChI is InChI=1S/C24H25N3O7S2/c1-3-35(29,30)27(19-10-13-22-23(14-19)34-16-33-22)15-24(28)25-18-8-11-20(12-9-18)36(31,32)26-21-7-5-4-6-17(21)2/h4-14,26H,3,15-16H2,1-2H3,(H,25,28). The van der Waals surface area contributed by atoms with Crippen LogP contribution in [-0.4, -0.2) is 41.8 Å². The van der Waals surface area contributed by atoms with Crippen molar-refractivity contribution in [3.05, 3.63) is 72.3 Å². The van der Waals surface area contributed by atoms with E-state index >= 15 is 0 Å². The molecule has 2 N–H and O–H groups in total. The first-order chi connectivity index (χ1) is 17.1. The van der Waals surface area contributed by atoms with Crippen molar-refractivity contribution in [2.75, 3.05) is 33.4 Å². The van der Waals surface area contributed by atoms with E-state index in [1.54, 1.807) is 31.2 Å². The summed E-state index contributed by atoms with van der Waals surface area (Å²) in [6.45, 7) is 2.83. The normalized spacial score (nSPS) is 12.7. The minimum absolute atomic E-state index is 0.0132. The van der Waals surface area contributed by atoms with Crippen molar-refractivity contribution in [2.45, 2.75) is 18.7 Å². The van der Waals surface area contributed by atoms with Gasteiger partial charge in [-0.15, -0.1) is 0 Å². The Labute approximate surface area is 209 Å². The quantitative estimate of drug-likeness (QED) is 0.433. The van der Waals surface area contributed by atoms with E-state index in [2.05, 4.69) is 10.0 Å². The second-order valence-electron chi connectivity index (χ2n) is 7.94. The summed E-state index contributed by atoms with van der Waals surface area (Å²) in [5.74, 6) is 0.0671. The molecule has 1 amide bonds. The van der Waals surface area contributed by atoms with Gasteiger partial charge in [-0.25, -0.2) is 16.8 Å². The Hall–Kier alpha value is -3.77. The van der Waals surface area contributed by atoms with E-state index in [1.165, 1.54) is 43.3 Å². The molecule has 190 valence electrons. The van der Waals surface area contributed by atoms with Gasteiger partial charge >= 0.3 is 0 Å². The molecule has 1 aliphatic heterocycles. The molecule has 4 rings (SSSR count). The fraction of sp³-hybridized carbons (Fsp3) is 0.208. The summed E-state index contributed by atoms with van der Waals surface area (Å²) in [5.41, 5.74) is 1.82. The Kier molecular flexibility index (Phi) is 7.09. The molecule has 0 bridgehead atoms. The number of carbonyl (C=O) groups excluding carboxylic acids is 1. The van der Waals surface area contributed by atoms with Crippen LogP contribution >= 0.6 is 0 Å². The number of carbonyl (C=O) groups is 1. The van der Waals surface area contributed by atoms with Gasteiger partial charge in [0.2, 0.25) is 22.7 Å². The minimum Gasteiger partial charge on any atom is -0.454 e. The Morgan fingerprint density at radius 1 is 0.944 bits per heavy atom. The number of para-hydroxylation sites is 1. The van der Waals surface area contributed by atoms with Crippen molar-refractivity contribution in [2.24, 2.45) is 0 Å². The summed E-state index contributed by atoms with van der Waals surface area (Å²) in [6.07, 6.45) is 0. The number of aryl methyl sites for hydroxylation is 1. The Balaban J connectivity index is 1.48. The van der Waals surface area contributed by atoms with Crippen molar-refractivity contribution in [3.8, 4) is 11.5 Å². The van der Waals surface area contributed by atoms with Crippen molar-refractivity contribution >= 4 is 43.0 Å². The van der Waals surface area contributed by atoms with Gasteiger partial charge in [0.05, 0.1) is 22.0 Å². The summed E-state index contributed by atoms with van der Waals surface area (Å²) in [4.78, 5) is 12.8. The van der Waals surface area contributed by atoms with Gasteiger partial charge in [0.25, 0.3) is 10.0 Å². The number of benzene rings is 3. The monoisotopic (exact) mass is 531 g/mol. The summed E-state index contributed by atoms with van der Waals surface area (Å²) in [7, 11) is -7.63. The highest BCUT2D eigenvalue weighted by Crippen LogP contribution is 2.36. The average Bonchev–Trinajstić information content (AvgIpc) is 3.32. The first kappa shape index (κ1) is 25.3. The molecule has 3 aromatic carbocycles. The fourth-order valence-corrected chi connectivity index (χ4v) is 5.68. The molecule has 0 radical (unpaired) electrons. The number of rotatable bonds is 9. The lowest BCUT2D eigenvalue weighted by atomic mass is 10.2. The molecule has 3 aromatic rings. The maximum atomic E-state index is 12.7. The molecule has 0 aromatic heterocycles. The van der Waals surface area contributed by atoms with Crippen LogP contribution < -0.4 is 23.8 Å². The highest BCUT2D eigenvalue weighted by atomic mass is 32.2. The molecule has 0 aliphatic carbocycles. The number of amides is 1. The first-order valence-corrected chi connectivity index (χ1v) is 14.1. The average molecular weight is 532 g/mol. The number of anilines is 3. The molecular weight excluding hydrogens is 506 g/mol. The smallest absolute Gasteiger partial charge is 0.261 e. The van der Waals surface area contributed by atoms with Crippen LogP contribution in [-0.2, 0) is 24.8 Å². The predicted molar refractivity (Wildman–Crippen MR) is 136 cm³/mol. The molecule has 10 nitrogen and oxygen atoms in total. The van der Waals surface area contributed by atoms with Crippen LogP contribution in [0.25, 0.3) is 0 Å². The summed E-state index contributed by atoms with van der Waals surface area (Å²) in [5, 5.41) is 2.61. The van der Waals surface area contributed by atoms with Crippen molar-refractivity contribution < 1.29 is 31.1 Å². The van der Waals surface area contributed by atoms with Crippen LogP contribution in [0, 0.1) is 6.92 Å². The van der Waals surface area contributed by atoms with Gasteiger partial charge in [0.1, 0.15) is 6.54 Å². The number of nitrogens with one attached hydrogen (secondary N) is 2. The molecular formula is C24H25N3O7S2. The molecule has 0 saturated heterocycles. The minimum atomic E-state index is -3.84. The van der Waals surface area contributed by atoms with Crippen LogP contribution in [0.2, 0.25) is 0 Å². The van der Waals surface area contributed by atoms with E-state index in [9.17, 15) is 21.6 Å². The Bertz CT molecular complexity index is 1490. The number of ether oxygens (including phenoxy) is 2. The SMILES string of the molecule is CCS(=O)(=O)N(CC(=O)Nc1ccc(S(=O)(=O)Nc2ccccc2C)cc1)c1ccc2c(c1)OCO2. The number of fused-ring (bicyclic) bond motifs is 1. The lowest BCUT2D eigenvalue weighted by molar-refractivity contribution is -0.114. The number of hydrogen-bond acceptors (Lipinski definition) is 7. The lowest BCUT2D eigenvalue weighted by Gasteiger charge is -2.23. The molecule has 0 unspecified atom stereocenters. The molecule has 0 atom stereocenters. The zero-order chi connectivity index (χ0) is 25.9. The van der Waals surface area contributed by atoms with E-state index in [1.807, 2.05) is 6.07 Å². The largest absolute Gasteiger partial charge is 0.454 e. The second kappa shape index (κ2) is 10.1. The van der Waals surface area contributed by atoms with E-state index < -0.39 is 32.5 Å². The molecule has 0 saturated carbocycles. The van der Waals surface area contributed by atoms with Crippen LogP contribution in [0.5, 0.6) is 11.5 Å². The van der Waals surface area contributed by atoms with Gasteiger partial charge in [-0.1, -0.05) is 18.2 Å². The Morgan fingerprint density at radius 3 is 2.33 bits per heavy atom. The first-order valence-electron chi connectivity index (χ1n) is 11.0. The topological polar surface area (TPSA) is 131 Å². The second-order valence-corrected chi connectivity index (χ2v) is 11.8. The molecule has 1 heterocycles. The van der Waals surface area contributed by atoms with Crippen LogP contribution in [0.15, 0.2) is 71.6 Å². The van der Waals surface area contributed by atoms with Crippen molar-refractivity contribution in [3.63, 3.8) is 0 Å². The third-order valence-electron chi connectivity index (χ3n) is 5.47. The van der Waals surface area contributed by atoms with Gasteiger partial charge in [0, 0.05) is 11.8 Å². The predicted octanol–water partition coefficient (Wildman–Crippen LogP) is 3.32. The molecule has 1 aliphatic rings. The highest BCUT2D eigenvalue weighted by Gasteiger charge is 2.26. The molecule has 0 fully saturated rings. The van der Waals surface area contributed by atoms with Gasteiger partial charge < -0.3 is 14.8 Å².